The quantitative estimate of drug-likeness (QED) is 0.670. The molecule has 28 heavy (non-hydrogen) atoms. The van der Waals surface area contributed by atoms with Gasteiger partial charge in [-0.3, -0.25) is 9.59 Å². The summed E-state index contributed by atoms with van der Waals surface area (Å²) in [4.78, 5) is 30.1. The van der Waals surface area contributed by atoms with Gasteiger partial charge in [0.05, 0.1) is 18.5 Å². The molecule has 0 aliphatic carbocycles. The molecule has 0 aromatic carbocycles. The molecule has 0 saturated carbocycles. The van der Waals surface area contributed by atoms with Crippen molar-refractivity contribution < 1.29 is 9.53 Å². The minimum atomic E-state index is -0.231. The van der Waals surface area contributed by atoms with E-state index in [1.807, 2.05) is 25.3 Å². The molecule has 3 aromatic rings. The van der Waals surface area contributed by atoms with Crippen LogP contribution in [0.1, 0.15) is 29.0 Å². The Balaban J connectivity index is 1.31. The second kappa shape index (κ2) is 7.41. The standard InChI is InChI=1S/C19H22N6O3/c1-13-11-25-16(20-13)4-5-17(22-25)28-12-14-7-9-24(10-8-14)19(27)15-3-6-18(26)23(2)21-15/h3-6,11,14H,7-10,12H2,1-2H3. The first kappa shape index (κ1) is 18.1. The van der Waals surface area contributed by atoms with Gasteiger partial charge in [-0.15, -0.1) is 5.10 Å². The van der Waals surface area contributed by atoms with Crippen LogP contribution in [-0.2, 0) is 7.05 Å². The SMILES string of the molecule is Cc1cn2nc(OCC3CCN(C(=O)c4ccc(=O)n(C)n4)CC3)ccc2n1. The Bertz CT molecular complexity index is 1060. The fourth-order valence-electron chi connectivity index (χ4n) is 3.34. The number of likely N-dealkylation sites (tertiary alicyclic amines) is 1. The van der Waals surface area contributed by atoms with Crippen LogP contribution in [-0.4, -0.2) is 54.9 Å². The predicted octanol–water partition coefficient (Wildman–Crippen LogP) is 1.06. The lowest BCUT2D eigenvalue weighted by atomic mass is 9.97. The Labute approximate surface area is 161 Å². The number of piperidine rings is 1. The fourth-order valence-corrected chi connectivity index (χ4v) is 3.34. The molecule has 0 spiro atoms. The molecular formula is C19H22N6O3. The van der Waals surface area contributed by atoms with Gasteiger partial charge >= 0.3 is 0 Å². The van der Waals surface area contributed by atoms with E-state index in [4.69, 9.17) is 4.74 Å². The van der Waals surface area contributed by atoms with Crippen molar-refractivity contribution in [1.82, 2.24) is 29.3 Å². The number of hydrogen-bond acceptors (Lipinski definition) is 6. The molecule has 0 atom stereocenters. The number of amides is 1. The molecule has 3 aromatic heterocycles. The monoisotopic (exact) mass is 382 g/mol. The first-order valence-corrected chi connectivity index (χ1v) is 9.29. The van der Waals surface area contributed by atoms with E-state index in [-0.39, 0.29) is 11.5 Å². The summed E-state index contributed by atoms with van der Waals surface area (Å²) in [5.41, 5.74) is 1.77. The van der Waals surface area contributed by atoms with Crippen LogP contribution in [0.4, 0.5) is 0 Å². The van der Waals surface area contributed by atoms with Gasteiger partial charge in [-0.1, -0.05) is 0 Å². The molecule has 1 saturated heterocycles. The number of rotatable bonds is 4. The highest BCUT2D eigenvalue weighted by molar-refractivity contribution is 5.92. The number of carbonyl (C=O) groups is 1. The van der Waals surface area contributed by atoms with Crippen molar-refractivity contribution in [3.8, 4) is 5.88 Å². The van der Waals surface area contributed by atoms with Gasteiger partial charge in [-0.2, -0.15) is 5.10 Å². The molecule has 1 amide bonds. The maximum absolute atomic E-state index is 12.6. The molecule has 1 aliphatic heterocycles. The molecule has 1 fully saturated rings. The molecule has 9 nitrogen and oxygen atoms in total. The summed E-state index contributed by atoms with van der Waals surface area (Å²) >= 11 is 0. The summed E-state index contributed by atoms with van der Waals surface area (Å²) in [7, 11) is 1.54. The van der Waals surface area contributed by atoms with Crippen molar-refractivity contribution in [1.29, 1.82) is 0 Å². The molecule has 1 aliphatic rings. The fraction of sp³-hybridized carbons (Fsp3) is 0.421. The van der Waals surface area contributed by atoms with Gasteiger partial charge in [0.25, 0.3) is 11.5 Å². The van der Waals surface area contributed by atoms with Crippen LogP contribution >= 0.6 is 0 Å². The van der Waals surface area contributed by atoms with E-state index < -0.39 is 0 Å². The lowest BCUT2D eigenvalue weighted by Crippen LogP contribution is -2.40. The minimum absolute atomic E-state index is 0.141. The second-order valence-electron chi connectivity index (χ2n) is 7.08. The van der Waals surface area contributed by atoms with Gasteiger partial charge in [-0.05, 0) is 37.8 Å². The first-order valence-electron chi connectivity index (χ1n) is 9.29. The van der Waals surface area contributed by atoms with Crippen LogP contribution in [0, 0.1) is 12.8 Å². The topological polar surface area (TPSA) is 94.6 Å². The van der Waals surface area contributed by atoms with Crippen molar-refractivity contribution in [3.05, 3.63) is 52.2 Å². The van der Waals surface area contributed by atoms with Gasteiger partial charge in [0.2, 0.25) is 5.88 Å². The summed E-state index contributed by atoms with van der Waals surface area (Å²) in [5.74, 6) is 0.787. The smallest absolute Gasteiger partial charge is 0.274 e. The summed E-state index contributed by atoms with van der Waals surface area (Å²) in [6.07, 6.45) is 3.56. The van der Waals surface area contributed by atoms with E-state index in [0.717, 1.165) is 24.2 Å². The van der Waals surface area contributed by atoms with Crippen molar-refractivity contribution in [2.45, 2.75) is 19.8 Å². The van der Waals surface area contributed by atoms with E-state index in [9.17, 15) is 9.59 Å². The summed E-state index contributed by atoms with van der Waals surface area (Å²) in [5, 5.41) is 8.45. The van der Waals surface area contributed by atoms with Crippen molar-refractivity contribution in [2.24, 2.45) is 13.0 Å². The lowest BCUT2D eigenvalue weighted by molar-refractivity contribution is 0.0650. The van der Waals surface area contributed by atoms with Crippen LogP contribution in [0.5, 0.6) is 5.88 Å². The van der Waals surface area contributed by atoms with Crippen LogP contribution < -0.4 is 10.3 Å². The Morgan fingerprint density at radius 2 is 1.96 bits per heavy atom. The van der Waals surface area contributed by atoms with E-state index >= 15 is 0 Å². The maximum atomic E-state index is 12.6. The van der Waals surface area contributed by atoms with Crippen molar-refractivity contribution in [2.75, 3.05) is 19.7 Å². The van der Waals surface area contributed by atoms with E-state index in [1.54, 1.807) is 16.5 Å². The number of aryl methyl sites for hydroxylation is 2. The molecule has 0 radical (unpaired) electrons. The van der Waals surface area contributed by atoms with Crippen LogP contribution in [0.3, 0.4) is 0 Å². The van der Waals surface area contributed by atoms with Gasteiger partial charge < -0.3 is 9.64 Å². The Morgan fingerprint density at radius 1 is 1.18 bits per heavy atom. The Hall–Kier alpha value is -3.23. The zero-order valence-electron chi connectivity index (χ0n) is 15.9. The highest BCUT2D eigenvalue weighted by Gasteiger charge is 2.25. The molecule has 0 N–H and O–H groups in total. The third-order valence-corrected chi connectivity index (χ3v) is 4.96. The van der Waals surface area contributed by atoms with Gasteiger partial charge in [0.15, 0.2) is 5.65 Å². The average molecular weight is 382 g/mol. The number of imidazole rings is 1. The number of ether oxygens (including phenoxy) is 1. The molecule has 0 bridgehead atoms. The van der Waals surface area contributed by atoms with Gasteiger partial charge in [-0.25, -0.2) is 14.2 Å². The average Bonchev–Trinajstić information content (AvgIpc) is 3.07. The zero-order chi connectivity index (χ0) is 19.7. The lowest BCUT2D eigenvalue weighted by Gasteiger charge is -2.31. The van der Waals surface area contributed by atoms with Gasteiger partial charge in [0, 0.05) is 32.3 Å². The highest BCUT2D eigenvalue weighted by atomic mass is 16.5. The molecule has 0 unspecified atom stereocenters. The predicted molar refractivity (Wildman–Crippen MR) is 101 cm³/mol. The largest absolute Gasteiger partial charge is 0.476 e. The Kier molecular flexibility index (Phi) is 4.81. The zero-order valence-corrected chi connectivity index (χ0v) is 15.9. The van der Waals surface area contributed by atoms with Crippen LogP contribution in [0.2, 0.25) is 0 Å². The Morgan fingerprint density at radius 3 is 2.71 bits per heavy atom. The van der Waals surface area contributed by atoms with Crippen molar-refractivity contribution >= 4 is 11.6 Å². The van der Waals surface area contributed by atoms with Gasteiger partial charge in [0.1, 0.15) is 5.69 Å². The summed E-state index contributed by atoms with van der Waals surface area (Å²) in [6, 6.07) is 6.56. The van der Waals surface area contributed by atoms with E-state index in [0.29, 0.717) is 37.2 Å². The number of fused-ring (bicyclic) bond motifs is 1. The third-order valence-electron chi connectivity index (χ3n) is 4.96. The summed E-state index contributed by atoms with van der Waals surface area (Å²) in [6.45, 7) is 3.77. The number of aromatic nitrogens is 5. The minimum Gasteiger partial charge on any atom is -0.476 e. The molecular weight excluding hydrogens is 360 g/mol. The number of nitrogens with zero attached hydrogens (tertiary/aromatic N) is 6. The second-order valence-corrected chi connectivity index (χ2v) is 7.08. The number of carbonyl (C=O) groups excluding carboxylic acids is 1. The van der Waals surface area contributed by atoms with Crippen molar-refractivity contribution in [3.63, 3.8) is 0 Å². The van der Waals surface area contributed by atoms with Crippen LogP contribution in [0.15, 0.2) is 35.3 Å². The molecule has 4 heterocycles. The molecule has 146 valence electrons. The third kappa shape index (κ3) is 3.73. The highest BCUT2D eigenvalue weighted by Crippen LogP contribution is 2.20. The molecule has 9 heteroatoms. The number of hydrogen-bond donors (Lipinski definition) is 0. The maximum Gasteiger partial charge on any atom is 0.274 e. The first-order chi connectivity index (χ1) is 13.5. The summed E-state index contributed by atoms with van der Waals surface area (Å²) < 4.78 is 8.75. The van der Waals surface area contributed by atoms with E-state index in [1.165, 1.54) is 16.8 Å². The normalized spacial score (nSPS) is 15.1. The molecule has 4 rings (SSSR count). The van der Waals surface area contributed by atoms with E-state index in [2.05, 4.69) is 15.2 Å². The van der Waals surface area contributed by atoms with Crippen LogP contribution in [0.25, 0.3) is 5.65 Å².